The number of nitrogens with one attached hydrogen (secondary N) is 1. The molecule has 1 aromatic heterocycles. The summed E-state index contributed by atoms with van der Waals surface area (Å²) in [5.74, 6) is -0.186. The van der Waals surface area contributed by atoms with E-state index in [0.29, 0.717) is 10.6 Å². The van der Waals surface area contributed by atoms with Gasteiger partial charge >= 0.3 is 0 Å². The highest BCUT2D eigenvalue weighted by molar-refractivity contribution is 6.33. The third-order valence-electron chi connectivity index (χ3n) is 3.40. The Bertz CT molecular complexity index is 655. The lowest BCUT2D eigenvalue weighted by Crippen LogP contribution is -2.34. The smallest absolute Gasteiger partial charge is 0.254 e. The molecule has 1 heterocycles. The topological polar surface area (TPSA) is 42.0 Å². The Labute approximate surface area is 130 Å². The normalized spacial score (nSPS) is 12.0. The Morgan fingerprint density at radius 2 is 2.05 bits per heavy atom. The molecule has 0 aliphatic carbocycles. The van der Waals surface area contributed by atoms with Crippen LogP contribution >= 0.6 is 11.6 Å². The fourth-order valence-corrected chi connectivity index (χ4v) is 2.51. The third kappa shape index (κ3) is 4.05. The number of hydrogen-bond acceptors (Lipinski definition) is 2. The molecule has 2 rings (SSSR count). The molecule has 0 aliphatic heterocycles. The molecular formula is C17H19ClN2O. The van der Waals surface area contributed by atoms with Gasteiger partial charge in [0.05, 0.1) is 10.6 Å². The van der Waals surface area contributed by atoms with Gasteiger partial charge in [-0.15, -0.1) is 0 Å². The van der Waals surface area contributed by atoms with Crippen molar-refractivity contribution in [3.8, 4) is 0 Å². The molecule has 1 atom stereocenters. The van der Waals surface area contributed by atoms with E-state index in [0.717, 1.165) is 12.1 Å². The number of carbonyl (C=O) groups excluding carboxylic acids is 1. The van der Waals surface area contributed by atoms with E-state index in [1.165, 1.54) is 17.3 Å². The highest BCUT2D eigenvalue weighted by Crippen LogP contribution is 2.16. The second-order valence-electron chi connectivity index (χ2n) is 5.31. The van der Waals surface area contributed by atoms with Crippen molar-refractivity contribution in [3.63, 3.8) is 0 Å². The first-order valence-corrected chi connectivity index (χ1v) is 7.32. The van der Waals surface area contributed by atoms with Gasteiger partial charge in [0.25, 0.3) is 5.91 Å². The Kier molecular flexibility index (Phi) is 4.97. The van der Waals surface area contributed by atoms with Crippen LogP contribution in [0.4, 0.5) is 0 Å². The number of hydrogen-bond donors (Lipinski definition) is 1. The number of rotatable bonds is 4. The molecule has 0 saturated carbocycles. The van der Waals surface area contributed by atoms with Crippen LogP contribution in [0.15, 0.2) is 36.5 Å². The van der Waals surface area contributed by atoms with Crippen molar-refractivity contribution < 1.29 is 4.79 Å². The van der Waals surface area contributed by atoms with Crippen LogP contribution in [0.3, 0.4) is 0 Å². The largest absolute Gasteiger partial charge is 0.349 e. The maximum atomic E-state index is 12.2. The maximum absolute atomic E-state index is 12.2. The molecular weight excluding hydrogens is 284 g/mol. The number of aryl methyl sites for hydroxylation is 2. The Morgan fingerprint density at radius 3 is 2.71 bits per heavy atom. The standard InChI is InChI=1S/C17H19ClN2O/c1-11-6-4-5-7-14(11)8-13(3)20-17(21)15-10-19-12(2)9-16(15)18/h4-7,9-10,13H,8H2,1-3H3,(H,20,21). The summed E-state index contributed by atoms with van der Waals surface area (Å²) in [6, 6.07) is 9.90. The molecule has 1 aromatic carbocycles. The summed E-state index contributed by atoms with van der Waals surface area (Å²) in [4.78, 5) is 16.3. The molecule has 1 N–H and O–H groups in total. The van der Waals surface area contributed by atoms with E-state index in [4.69, 9.17) is 11.6 Å². The van der Waals surface area contributed by atoms with Gasteiger partial charge in [-0.05, 0) is 44.4 Å². The van der Waals surface area contributed by atoms with Gasteiger partial charge in [0.15, 0.2) is 0 Å². The van der Waals surface area contributed by atoms with Crippen LogP contribution in [0.25, 0.3) is 0 Å². The molecule has 0 spiro atoms. The first-order valence-electron chi connectivity index (χ1n) is 6.95. The van der Waals surface area contributed by atoms with Crippen LogP contribution in [-0.4, -0.2) is 16.9 Å². The molecule has 4 heteroatoms. The van der Waals surface area contributed by atoms with Crippen LogP contribution < -0.4 is 5.32 Å². The van der Waals surface area contributed by atoms with E-state index in [-0.39, 0.29) is 11.9 Å². The van der Waals surface area contributed by atoms with Gasteiger partial charge in [0, 0.05) is 17.9 Å². The zero-order valence-corrected chi connectivity index (χ0v) is 13.2. The van der Waals surface area contributed by atoms with Crippen LogP contribution in [0.5, 0.6) is 0 Å². The fourth-order valence-electron chi connectivity index (χ4n) is 2.22. The van der Waals surface area contributed by atoms with Gasteiger partial charge in [-0.1, -0.05) is 35.9 Å². The zero-order valence-electron chi connectivity index (χ0n) is 12.5. The SMILES string of the molecule is Cc1cc(Cl)c(C(=O)NC(C)Cc2ccccc2C)cn1. The molecule has 1 unspecified atom stereocenters. The summed E-state index contributed by atoms with van der Waals surface area (Å²) in [5, 5.41) is 3.40. The number of halogens is 1. The van der Waals surface area contributed by atoms with Gasteiger partial charge in [-0.3, -0.25) is 9.78 Å². The van der Waals surface area contributed by atoms with Crippen molar-refractivity contribution in [2.45, 2.75) is 33.2 Å². The van der Waals surface area contributed by atoms with Crippen molar-refractivity contribution in [1.29, 1.82) is 0 Å². The lowest BCUT2D eigenvalue weighted by molar-refractivity contribution is 0.0940. The lowest BCUT2D eigenvalue weighted by Gasteiger charge is -2.16. The van der Waals surface area contributed by atoms with E-state index in [9.17, 15) is 4.79 Å². The number of aromatic nitrogens is 1. The molecule has 0 saturated heterocycles. The van der Waals surface area contributed by atoms with Gasteiger partial charge in [0.2, 0.25) is 0 Å². The highest BCUT2D eigenvalue weighted by Gasteiger charge is 2.14. The lowest BCUT2D eigenvalue weighted by atomic mass is 10.0. The number of pyridine rings is 1. The summed E-state index contributed by atoms with van der Waals surface area (Å²) < 4.78 is 0. The van der Waals surface area contributed by atoms with Gasteiger partial charge in [-0.2, -0.15) is 0 Å². The van der Waals surface area contributed by atoms with Crippen molar-refractivity contribution in [1.82, 2.24) is 10.3 Å². The van der Waals surface area contributed by atoms with Crippen molar-refractivity contribution >= 4 is 17.5 Å². The Hall–Kier alpha value is -1.87. The predicted octanol–water partition coefficient (Wildman–Crippen LogP) is 3.71. The third-order valence-corrected chi connectivity index (χ3v) is 3.71. The van der Waals surface area contributed by atoms with Crippen LogP contribution in [-0.2, 0) is 6.42 Å². The minimum absolute atomic E-state index is 0.0240. The van der Waals surface area contributed by atoms with Crippen LogP contribution in [0, 0.1) is 13.8 Å². The van der Waals surface area contributed by atoms with Crippen LogP contribution in [0.2, 0.25) is 5.02 Å². The summed E-state index contributed by atoms with van der Waals surface area (Å²) >= 11 is 6.09. The molecule has 2 aromatic rings. The van der Waals surface area contributed by atoms with Crippen LogP contribution in [0.1, 0.15) is 34.1 Å². The fraction of sp³-hybridized carbons (Fsp3) is 0.294. The van der Waals surface area contributed by atoms with Crippen molar-refractivity contribution in [2.75, 3.05) is 0 Å². The molecule has 1 amide bonds. The Balaban J connectivity index is 2.04. The van der Waals surface area contributed by atoms with E-state index < -0.39 is 0 Å². The van der Waals surface area contributed by atoms with Gasteiger partial charge in [-0.25, -0.2) is 0 Å². The average Bonchev–Trinajstić information content (AvgIpc) is 2.41. The quantitative estimate of drug-likeness (QED) is 0.935. The second-order valence-corrected chi connectivity index (χ2v) is 5.72. The molecule has 0 bridgehead atoms. The number of carbonyl (C=O) groups is 1. The van der Waals surface area contributed by atoms with E-state index in [2.05, 4.69) is 29.4 Å². The summed E-state index contributed by atoms with van der Waals surface area (Å²) in [6.07, 6.45) is 2.31. The average molecular weight is 303 g/mol. The molecule has 0 fully saturated rings. The molecule has 0 radical (unpaired) electrons. The molecule has 110 valence electrons. The summed E-state index contributed by atoms with van der Waals surface area (Å²) in [7, 11) is 0. The first-order chi connectivity index (χ1) is 9.97. The zero-order chi connectivity index (χ0) is 15.4. The minimum Gasteiger partial charge on any atom is -0.349 e. The Morgan fingerprint density at radius 1 is 1.33 bits per heavy atom. The van der Waals surface area contributed by atoms with E-state index in [1.54, 1.807) is 6.07 Å². The van der Waals surface area contributed by atoms with Crippen molar-refractivity contribution in [2.24, 2.45) is 0 Å². The van der Waals surface area contributed by atoms with Crippen molar-refractivity contribution in [3.05, 3.63) is 63.9 Å². The maximum Gasteiger partial charge on any atom is 0.254 e. The van der Waals surface area contributed by atoms with E-state index in [1.807, 2.05) is 26.0 Å². The molecule has 0 aliphatic rings. The van der Waals surface area contributed by atoms with Gasteiger partial charge < -0.3 is 5.32 Å². The second kappa shape index (κ2) is 6.72. The first kappa shape index (κ1) is 15.5. The number of nitrogens with zero attached hydrogens (tertiary/aromatic N) is 1. The molecule has 3 nitrogen and oxygen atoms in total. The summed E-state index contributed by atoms with van der Waals surface area (Å²) in [6.45, 7) is 5.90. The predicted molar refractivity (Wildman–Crippen MR) is 85.8 cm³/mol. The monoisotopic (exact) mass is 302 g/mol. The minimum atomic E-state index is -0.186. The molecule has 21 heavy (non-hydrogen) atoms. The number of amides is 1. The number of benzene rings is 1. The van der Waals surface area contributed by atoms with E-state index >= 15 is 0 Å². The highest BCUT2D eigenvalue weighted by atomic mass is 35.5. The van der Waals surface area contributed by atoms with Gasteiger partial charge in [0.1, 0.15) is 0 Å². The summed E-state index contributed by atoms with van der Waals surface area (Å²) in [5.41, 5.74) is 3.68.